The zero-order valence-corrected chi connectivity index (χ0v) is 11.8. The Morgan fingerprint density at radius 3 is 2.29 bits per heavy atom. The first-order valence-electron chi connectivity index (χ1n) is 6.91. The summed E-state index contributed by atoms with van der Waals surface area (Å²) in [4.78, 5) is 11.6. The molecule has 0 unspecified atom stereocenters. The SMILES string of the molecule is O=C(NCc1ccc(CCO)cc1)OCc1ccccc1. The third-order valence-corrected chi connectivity index (χ3v) is 3.07. The van der Waals surface area contributed by atoms with Crippen molar-refractivity contribution in [1.82, 2.24) is 5.32 Å². The summed E-state index contributed by atoms with van der Waals surface area (Å²) in [6.45, 7) is 0.832. The summed E-state index contributed by atoms with van der Waals surface area (Å²) in [6.07, 6.45) is 0.214. The van der Waals surface area contributed by atoms with Crippen molar-refractivity contribution < 1.29 is 14.6 Å². The van der Waals surface area contributed by atoms with Crippen LogP contribution in [0.4, 0.5) is 4.79 Å². The molecule has 0 aromatic heterocycles. The minimum Gasteiger partial charge on any atom is -0.445 e. The van der Waals surface area contributed by atoms with Gasteiger partial charge in [-0.3, -0.25) is 0 Å². The van der Waals surface area contributed by atoms with Crippen LogP contribution < -0.4 is 5.32 Å². The molecule has 2 rings (SSSR count). The molecule has 4 heteroatoms. The van der Waals surface area contributed by atoms with Crippen molar-refractivity contribution >= 4 is 6.09 Å². The molecule has 0 atom stereocenters. The minimum atomic E-state index is -0.432. The van der Waals surface area contributed by atoms with E-state index in [0.29, 0.717) is 13.0 Å². The number of aliphatic hydroxyl groups is 1. The summed E-state index contributed by atoms with van der Waals surface area (Å²) >= 11 is 0. The fourth-order valence-electron chi connectivity index (χ4n) is 1.90. The van der Waals surface area contributed by atoms with Gasteiger partial charge in [-0.25, -0.2) is 4.79 Å². The Morgan fingerprint density at radius 2 is 1.62 bits per heavy atom. The van der Waals surface area contributed by atoms with Crippen LogP contribution in [0.3, 0.4) is 0 Å². The van der Waals surface area contributed by atoms with E-state index in [1.807, 2.05) is 54.6 Å². The van der Waals surface area contributed by atoms with E-state index in [0.717, 1.165) is 16.7 Å². The molecule has 0 spiro atoms. The molecule has 0 radical (unpaired) electrons. The number of hydrogen-bond acceptors (Lipinski definition) is 3. The van der Waals surface area contributed by atoms with Crippen LogP contribution in [0.2, 0.25) is 0 Å². The van der Waals surface area contributed by atoms with Crippen molar-refractivity contribution in [3.8, 4) is 0 Å². The van der Waals surface area contributed by atoms with E-state index >= 15 is 0 Å². The van der Waals surface area contributed by atoms with Crippen LogP contribution in [-0.4, -0.2) is 17.8 Å². The average molecular weight is 285 g/mol. The summed E-state index contributed by atoms with van der Waals surface area (Å²) < 4.78 is 5.13. The molecule has 2 aromatic rings. The maximum atomic E-state index is 11.6. The van der Waals surface area contributed by atoms with Gasteiger partial charge < -0.3 is 15.2 Å². The molecule has 0 aliphatic heterocycles. The highest BCUT2D eigenvalue weighted by atomic mass is 16.5. The zero-order chi connectivity index (χ0) is 14.9. The van der Waals surface area contributed by atoms with Crippen LogP contribution in [0.25, 0.3) is 0 Å². The van der Waals surface area contributed by atoms with Gasteiger partial charge in [-0.05, 0) is 23.1 Å². The summed E-state index contributed by atoms with van der Waals surface area (Å²) in [6, 6.07) is 17.3. The summed E-state index contributed by atoms with van der Waals surface area (Å²) in [5.41, 5.74) is 3.03. The van der Waals surface area contributed by atoms with E-state index in [9.17, 15) is 4.79 Å². The predicted octanol–water partition coefficient (Wildman–Crippen LogP) is 2.65. The van der Waals surface area contributed by atoms with Crippen LogP contribution in [0.1, 0.15) is 16.7 Å². The Bertz CT molecular complexity index is 552. The summed E-state index contributed by atoms with van der Waals surface area (Å²) in [5.74, 6) is 0. The molecule has 0 bridgehead atoms. The molecular weight excluding hydrogens is 266 g/mol. The van der Waals surface area contributed by atoms with Gasteiger partial charge in [0.25, 0.3) is 0 Å². The molecule has 21 heavy (non-hydrogen) atoms. The molecule has 0 fully saturated rings. The van der Waals surface area contributed by atoms with Gasteiger partial charge >= 0.3 is 6.09 Å². The molecule has 2 N–H and O–H groups in total. The van der Waals surface area contributed by atoms with E-state index in [-0.39, 0.29) is 13.2 Å². The molecule has 0 saturated carbocycles. The lowest BCUT2D eigenvalue weighted by molar-refractivity contribution is 0.139. The number of hydrogen-bond donors (Lipinski definition) is 2. The van der Waals surface area contributed by atoms with E-state index in [1.54, 1.807) is 0 Å². The monoisotopic (exact) mass is 285 g/mol. The molecular formula is C17H19NO3. The third-order valence-electron chi connectivity index (χ3n) is 3.07. The number of aliphatic hydroxyl groups excluding tert-OH is 1. The van der Waals surface area contributed by atoms with Gasteiger partial charge in [0, 0.05) is 13.2 Å². The molecule has 4 nitrogen and oxygen atoms in total. The number of carbonyl (C=O) groups is 1. The Kier molecular flexibility index (Phi) is 5.79. The van der Waals surface area contributed by atoms with Gasteiger partial charge in [-0.2, -0.15) is 0 Å². The Hall–Kier alpha value is -2.33. The number of carbonyl (C=O) groups excluding carboxylic acids is 1. The van der Waals surface area contributed by atoms with Gasteiger partial charge in [-0.15, -0.1) is 0 Å². The second kappa shape index (κ2) is 8.07. The molecule has 110 valence electrons. The standard InChI is InChI=1S/C17H19NO3/c19-11-10-14-6-8-15(9-7-14)12-18-17(20)21-13-16-4-2-1-3-5-16/h1-9,19H,10-13H2,(H,18,20). The predicted molar refractivity (Wildman–Crippen MR) is 80.7 cm³/mol. The molecule has 0 aliphatic carbocycles. The van der Waals surface area contributed by atoms with Gasteiger partial charge in [0.15, 0.2) is 0 Å². The van der Waals surface area contributed by atoms with Gasteiger partial charge in [-0.1, -0.05) is 54.6 Å². The van der Waals surface area contributed by atoms with Crippen molar-refractivity contribution in [3.63, 3.8) is 0 Å². The first kappa shape index (κ1) is 15.1. The normalized spacial score (nSPS) is 10.1. The van der Waals surface area contributed by atoms with Gasteiger partial charge in [0.05, 0.1) is 0 Å². The van der Waals surface area contributed by atoms with Gasteiger partial charge in [0.2, 0.25) is 0 Å². The average Bonchev–Trinajstić information content (AvgIpc) is 2.53. The Morgan fingerprint density at radius 1 is 0.952 bits per heavy atom. The topological polar surface area (TPSA) is 58.6 Å². The lowest BCUT2D eigenvalue weighted by Crippen LogP contribution is -2.23. The number of ether oxygens (including phenoxy) is 1. The lowest BCUT2D eigenvalue weighted by Gasteiger charge is -2.07. The van der Waals surface area contributed by atoms with Crippen LogP contribution in [0, 0.1) is 0 Å². The second-order valence-corrected chi connectivity index (χ2v) is 4.71. The third kappa shape index (κ3) is 5.28. The van der Waals surface area contributed by atoms with Crippen LogP contribution in [0.5, 0.6) is 0 Å². The Balaban J connectivity index is 1.73. The van der Waals surface area contributed by atoms with E-state index in [2.05, 4.69) is 5.32 Å². The second-order valence-electron chi connectivity index (χ2n) is 4.71. The highest BCUT2D eigenvalue weighted by Gasteiger charge is 2.02. The summed E-state index contributed by atoms with van der Waals surface area (Å²) in [7, 11) is 0. The van der Waals surface area contributed by atoms with Crippen molar-refractivity contribution in [2.45, 2.75) is 19.6 Å². The number of benzene rings is 2. The van der Waals surface area contributed by atoms with Gasteiger partial charge in [0.1, 0.15) is 6.61 Å². The minimum absolute atomic E-state index is 0.142. The van der Waals surface area contributed by atoms with Crippen molar-refractivity contribution in [3.05, 3.63) is 71.3 Å². The molecule has 2 aromatic carbocycles. The molecule has 0 saturated heterocycles. The number of rotatable bonds is 6. The van der Waals surface area contributed by atoms with E-state index in [4.69, 9.17) is 9.84 Å². The van der Waals surface area contributed by atoms with Crippen molar-refractivity contribution in [2.24, 2.45) is 0 Å². The van der Waals surface area contributed by atoms with Crippen LogP contribution in [0.15, 0.2) is 54.6 Å². The molecule has 1 amide bonds. The quantitative estimate of drug-likeness (QED) is 0.858. The highest BCUT2D eigenvalue weighted by Crippen LogP contribution is 2.05. The number of nitrogens with one attached hydrogen (secondary N) is 1. The number of alkyl carbamates (subject to hydrolysis) is 1. The lowest BCUT2D eigenvalue weighted by atomic mass is 10.1. The smallest absolute Gasteiger partial charge is 0.407 e. The largest absolute Gasteiger partial charge is 0.445 e. The first-order chi connectivity index (χ1) is 10.3. The van der Waals surface area contributed by atoms with E-state index in [1.165, 1.54) is 0 Å². The van der Waals surface area contributed by atoms with Crippen LogP contribution in [-0.2, 0) is 24.3 Å². The fraction of sp³-hybridized carbons (Fsp3) is 0.235. The first-order valence-corrected chi connectivity index (χ1v) is 6.91. The maximum Gasteiger partial charge on any atom is 0.407 e. The van der Waals surface area contributed by atoms with Crippen LogP contribution >= 0.6 is 0 Å². The zero-order valence-electron chi connectivity index (χ0n) is 11.8. The molecule has 0 aliphatic rings. The summed E-state index contributed by atoms with van der Waals surface area (Å²) in [5, 5.41) is 11.6. The van der Waals surface area contributed by atoms with Crippen molar-refractivity contribution in [1.29, 1.82) is 0 Å². The Labute approximate surface area is 124 Å². The van der Waals surface area contributed by atoms with Crippen molar-refractivity contribution in [2.75, 3.05) is 6.61 Å². The number of amides is 1. The highest BCUT2D eigenvalue weighted by molar-refractivity contribution is 5.67. The maximum absolute atomic E-state index is 11.6. The van der Waals surface area contributed by atoms with E-state index < -0.39 is 6.09 Å². The fourth-order valence-corrected chi connectivity index (χ4v) is 1.90. The molecule has 0 heterocycles.